The first-order chi connectivity index (χ1) is 9.53. The van der Waals surface area contributed by atoms with E-state index in [9.17, 15) is 14.6 Å². The maximum Gasteiger partial charge on any atom is 0.127 e. The molecule has 0 aliphatic heterocycles. The smallest absolute Gasteiger partial charge is 0.127 e. The van der Waals surface area contributed by atoms with Gasteiger partial charge in [-0.15, -0.1) is 0 Å². The highest BCUT2D eigenvalue weighted by Gasteiger charge is 2.33. The molecule has 1 aromatic carbocycles. The van der Waals surface area contributed by atoms with E-state index >= 15 is 0 Å². The maximum absolute atomic E-state index is 13.2. The van der Waals surface area contributed by atoms with Gasteiger partial charge in [0.1, 0.15) is 11.6 Å². The van der Waals surface area contributed by atoms with Gasteiger partial charge in [-0.1, -0.05) is 19.3 Å². The molecule has 20 heavy (non-hydrogen) atoms. The fourth-order valence-corrected chi connectivity index (χ4v) is 3.11. The topological polar surface area (TPSA) is 52.5 Å². The quantitative estimate of drug-likeness (QED) is 0.778. The number of aromatic hydroxyl groups is 1. The van der Waals surface area contributed by atoms with Gasteiger partial charge in [0, 0.05) is 18.2 Å². The normalized spacial score (nSPS) is 19.8. The summed E-state index contributed by atoms with van der Waals surface area (Å²) in [5, 5.41) is 22.5. The molecule has 4 heteroatoms. The van der Waals surface area contributed by atoms with Gasteiger partial charge < -0.3 is 15.5 Å². The summed E-state index contributed by atoms with van der Waals surface area (Å²) in [5.41, 5.74) is 0.348. The molecule has 3 nitrogen and oxygen atoms in total. The molecule has 1 fully saturated rings. The highest BCUT2D eigenvalue weighted by atomic mass is 19.1. The number of aliphatic hydroxyl groups excluding tert-OH is 1. The molecule has 0 aromatic heterocycles. The molecule has 1 saturated carbocycles. The van der Waals surface area contributed by atoms with Crippen LogP contribution >= 0.6 is 0 Å². The molecule has 0 radical (unpaired) electrons. The Morgan fingerprint density at radius 2 is 1.95 bits per heavy atom. The van der Waals surface area contributed by atoms with Gasteiger partial charge in [-0.25, -0.2) is 4.39 Å². The van der Waals surface area contributed by atoms with E-state index < -0.39 is 5.82 Å². The van der Waals surface area contributed by atoms with E-state index in [0.29, 0.717) is 18.0 Å². The van der Waals surface area contributed by atoms with Gasteiger partial charge in [-0.3, -0.25) is 0 Å². The molecule has 0 amide bonds. The van der Waals surface area contributed by atoms with Crippen LogP contribution in [0.15, 0.2) is 18.2 Å². The predicted octanol–water partition coefficient (Wildman–Crippen LogP) is 2.95. The van der Waals surface area contributed by atoms with Gasteiger partial charge in [0.25, 0.3) is 0 Å². The first-order valence-corrected chi connectivity index (χ1v) is 7.38. The summed E-state index contributed by atoms with van der Waals surface area (Å²) in [6.07, 6.45) is 5.94. The average Bonchev–Trinajstić information content (AvgIpc) is 2.45. The number of rotatable bonds is 5. The third-order valence-electron chi connectivity index (χ3n) is 4.47. The molecule has 1 aliphatic rings. The zero-order valence-electron chi connectivity index (χ0n) is 12.0. The Bertz CT molecular complexity index is 426. The lowest BCUT2D eigenvalue weighted by Crippen LogP contribution is -2.52. The summed E-state index contributed by atoms with van der Waals surface area (Å²) in [4.78, 5) is 0. The van der Waals surface area contributed by atoms with Crippen LogP contribution in [0.2, 0.25) is 0 Å². The summed E-state index contributed by atoms with van der Waals surface area (Å²) in [5.74, 6) is -0.0567. The number of phenolic OH excluding ortho intramolecular Hbond substituents is 1. The van der Waals surface area contributed by atoms with Crippen molar-refractivity contribution >= 4 is 0 Å². The second-order valence-electron chi connectivity index (χ2n) is 6.08. The Balaban J connectivity index is 2.02. The van der Waals surface area contributed by atoms with Crippen LogP contribution in [0, 0.1) is 11.7 Å². The lowest BCUT2D eigenvalue weighted by atomic mass is 9.76. The fraction of sp³-hybridized carbons (Fsp3) is 0.625. The second-order valence-corrected chi connectivity index (χ2v) is 6.08. The van der Waals surface area contributed by atoms with Crippen molar-refractivity contribution in [3.63, 3.8) is 0 Å². The van der Waals surface area contributed by atoms with Crippen LogP contribution in [0.5, 0.6) is 5.75 Å². The van der Waals surface area contributed by atoms with Gasteiger partial charge in [-0.2, -0.15) is 0 Å². The largest absolute Gasteiger partial charge is 0.508 e. The first-order valence-electron chi connectivity index (χ1n) is 7.38. The molecular formula is C16H24FNO2. The molecule has 0 heterocycles. The Morgan fingerprint density at radius 3 is 2.55 bits per heavy atom. The van der Waals surface area contributed by atoms with Gasteiger partial charge >= 0.3 is 0 Å². The number of halogens is 1. The van der Waals surface area contributed by atoms with E-state index in [1.807, 2.05) is 6.92 Å². The molecule has 3 N–H and O–H groups in total. The molecule has 0 spiro atoms. The number of phenols is 1. The SMILES string of the molecule is CC(CO)(NCc1cc(O)cc(F)c1)C1CCCCC1. The van der Waals surface area contributed by atoms with Gasteiger partial charge in [0.05, 0.1) is 6.61 Å². The summed E-state index contributed by atoms with van der Waals surface area (Å²) in [7, 11) is 0. The van der Waals surface area contributed by atoms with E-state index in [2.05, 4.69) is 5.32 Å². The molecule has 112 valence electrons. The molecular weight excluding hydrogens is 257 g/mol. The van der Waals surface area contributed by atoms with Gasteiger partial charge in [-0.05, 0) is 43.4 Å². The van der Waals surface area contributed by atoms with Crippen molar-refractivity contribution in [2.24, 2.45) is 5.92 Å². The summed E-state index contributed by atoms with van der Waals surface area (Å²) in [6.45, 7) is 2.54. The van der Waals surface area contributed by atoms with Crippen molar-refractivity contribution < 1.29 is 14.6 Å². The molecule has 1 unspecified atom stereocenters. The minimum absolute atomic E-state index is 0.0647. The Kier molecular flexibility index (Phi) is 5.00. The van der Waals surface area contributed by atoms with Crippen molar-refractivity contribution in [1.82, 2.24) is 5.32 Å². The van der Waals surface area contributed by atoms with E-state index in [4.69, 9.17) is 0 Å². The van der Waals surface area contributed by atoms with Crippen molar-refractivity contribution in [1.29, 1.82) is 0 Å². The van der Waals surface area contributed by atoms with Crippen LogP contribution in [0.25, 0.3) is 0 Å². The van der Waals surface area contributed by atoms with Crippen LogP contribution in [-0.2, 0) is 6.54 Å². The molecule has 2 rings (SSSR count). The Labute approximate surface area is 119 Å². The average molecular weight is 281 g/mol. The van der Waals surface area contributed by atoms with E-state index in [1.165, 1.54) is 25.3 Å². The minimum Gasteiger partial charge on any atom is -0.508 e. The van der Waals surface area contributed by atoms with Gasteiger partial charge in [0.2, 0.25) is 0 Å². The number of hydrogen-bond donors (Lipinski definition) is 3. The van der Waals surface area contributed by atoms with E-state index in [-0.39, 0.29) is 17.9 Å². The molecule has 1 aromatic rings. The highest BCUT2D eigenvalue weighted by Crippen LogP contribution is 2.32. The minimum atomic E-state index is -0.440. The van der Waals surface area contributed by atoms with Crippen LogP contribution < -0.4 is 5.32 Å². The number of benzene rings is 1. The third-order valence-corrected chi connectivity index (χ3v) is 4.47. The number of hydrogen-bond acceptors (Lipinski definition) is 3. The summed E-state index contributed by atoms with van der Waals surface area (Å²) < 4.78 is 13.2. The molecule has 1 aliphatic carbocycles. The number of nitrogens with one attached hydrogen (secondary N) is 1. The monoisotopic (exact) mass is 281 g/mol. The van der Waals surface area contributed by atoms with E-state index in [0.717, 1.165) is 18.9 Å². The lowest BCUT2D eigenvalue weighted by Gasteiger charge is -2.39. The lowest BCUT2D eigenvalue weighted by molar-refractivity contribution is 0.0937. The number of aliphatic hydroxyl groups is 1. The maximum atomic E-state index is 13.2. The van der Waals surface area contributed by atoms with Crippen LogP contribution in [0.1, 0.15) is 44.6 Å². The zero-order valence-corrected chi connectivity index (χ0v) is 12.0. The van der Waals surface area contributed by atoms with Crippen molar-refractivity contribution in [3.8, 4) is 5.75 Å². The summed E-state index contributed by atoms with van der Waals surface area (Å²) >= 11 is 0. The standard InChI is InChI=1S/C16H24FNO2/c1-16(11-19,13-5-3-2-4-6-13)18-10-12-7-14(17)9-15(20)8-12/h7-9,13,18-20H,2-6,10-11H2,1H3. The summed E-state index contributed by atoms with van der Waals surface area (Å²) in [6, 6.07) is 4.05. The third kappa shape index (κ3) is 3.70. The van der Waals surface area contributed by atoms with Crippen LogP contribution in [-0.4, -0.2) is 22.4 Å². The van der Waals surface area contributed by atoms with Crippen molar-refractivity contribution in [3.05, 3.63) is 29.6 Å². The van der Waals surface area contributed by atoms with Crippen molar-refractivity contribution in [2.75, 3.05) is 6.61 Å². The molecule has 0 saturated heterocycles. The van der Waals surface area contributed by atoms with Crippen molar-refractivity contribution in [2.45, 2.75) is 51.1 Å². The predicted molar refractivity (Wildman–Crippen MR) is 77.0 cm³/mol. The Hall–Kier alpha value is -1.13. The first kappa shape index (κ1) is 15.3. The van der Waals surface area contributed by atoms with E-state index in [1.54, 1.807) is 6.07 Å². The molecule has 0 bridgehead atoms. The molecule has 1 atom stereocenters. The highest BCUT2D eigenvalue weighted by molar-refractivity contribution is 5.28. The second kappa shape index (κ2) is 6.55. The zero-order chi connectivity index (χ0) is 14.6. The Morgan fingerprint density at radius 1 is 1.25 bits per heavy atom. The fourth-order valence-electron chi connectivity index (χ4n) is 3.11. The van der Waals surface area contributed by atoms with Gasteiger partial charge in [0.15, 0.2) is 0 Å². The van der Waals surface area contributed by atoms with Crippen LogP contribution in [0.3, 0.4) is 0 Å². The van der Waals surface area contributed by atoms with Crippen LogP contribution in [0.4, 0.5) is 4.39 Å².